The molecule has 1 aromatic heterocycles. The van der Waals surface area contributed by atoms with Gasteiger partial charge in [-0.1, -0.05) is 6.92 Å². The van der Waals surface area contributed by atoms with Gasteiger partial charge in [0.1, 0.15) is 0 Å². The van der Waals surface area contributed by atoms with Crippen LogP contribution in [0, 0.1) is 5.92 Å². The van der Waals surface area contributed by atoms with Gasteiger partial charge in [0, 0.05) is 18.3 Å². The molecule has 1 N–H and O–H groups in total. The minimum Gasteiger partial charge on any atom is -0.312 e. The summed E-state index contributed by atoms with van der Waals surface area (Å²) < 4.78 is 2.02. The van der Waals surface area contributed by atoms with Crippen molar-refractivity contribution >= 4 is 11.8 Å². The first kappa shape index (κ1) is 14.6. The molecule has 4 heteroatoms. The lowest BCUT2D eigenvalue weighted by atomic mass is 10.1. The molecule has 0 bridgehead atoms. The van der Waals surface area contributed by atoms with E-state index in [9.17, 15) is 0 Å². The number of rotatable bonds is 6. The van der Waals surface area contributed by atoms with E-state index in [1.165, 1.54) is 11.3 Å². The number of thioether (sulfide) groups is 1. The number of nitrogens with zero attached hydrogens (tertiary/aromatic N) is 2. The van der Waals surface area contributed by atoms with E-state index in [1.54, 1.807) is 0 Å². The van der Waals surface area contributed by atoms with Crippen LogP contribution in [-0.4, -0.2) is 28.3 Å². The van der Waals surface area contributed by atoms with Crippen molar-refractivity contribution in [1.82, 2.24) is 15.1 Å². The third-order valence-electron chi connectivity index (χ3n) is 2.60. The predicted molar refractivity (Wildman–Crippen MR) is 76.5 cm³/mol. The van der Waals surface area contributed by atoms with Crippen LogP contribution in [0.3, 0.4) is 0 Å². The Morgan fingerprint density at radius 1 is 1.47 bits per heavy atom. The second-order valence-corrected chi connectivity index (χ2v) is 6.57. The van der Waals surface area contributed by atoms with Gasteiger partial charge in [0.25, 0.3) is 0 Å². The maximum atomic E-state index is 4.39. The lowest BCUT2D eigenvalue weighted by Gasteiger charge is -2.18. The first-order valence-corrected chi connectivity index (χ1v) is 7.56. The average molecular weight is 255 g/mol. The molecule has 0 spiro atoms. The van der Waals surface area contributed by atoms with Gasteiger partial charge >= 0.3 is 0 Å². The van der Waals surface area contributed by atoms with Gasteiger partial charge in [0.15, 0.2) is 0 Å². The van der Waals surface area contributed by atoms with Crippen LogP contribution < -0.4 is 5.32 Å². The summed E-state index contributed by atoms with van der Waals surface area (Å²) >= 11 is 1.91. The minimum absolute atomic E-state index is 0.0738. The van der Waals surface area contributed by atoms with Crippen molar-refractivity contribution in [3.05, 3.63) is 18.0 Å². The van der Waals surface area contributed by atoms with Gasteiger partial charge in [0.05, 0.1) is 11.7 Å². The fraction of sp³-hybridized carbons (Fsp3) is 0.769. The van der Waals surface area contributed by atoms with Crippen LogP contribution in [-0.2, 0) is 12.1 Å². The van der Waals surface area contributed by atoms with Crippen LogP contribution in [0.15, 0.2) is 12.4 Å². The smallest absolute Gasteiger partial charge is 0.0543 e. The molecule has 3 nitrogen and oxygen atoms in total. The Labute approximate surface area is 109 Å². The van der Waals surface area contributed by atoms with Gasteiger partial charge in [0.2, 0.25) is 0 Å². The van der Waals surface area contributed by atoms with Crippen LogP contribution in [0.5, 0.6) is 0 Å². The van der Waals surface area contributed by atoms with Gasteiger partial charge in [-0.3, -0.25) is 4.68 Å². The zero-order chi connectivity index (χ0) is 12.9. The summed E-state index contributed by atoms with van der Waals surface area (Å²) in [5.41, 5.74) is 1.33. The molecule has 1 unspecified atom stereocenters. The van der Waals surface area contributed by atoms with Crippen molar-refractivity contribution in [2.75, 3.05) is 18.6 Å². The highest BCUT2D eigenvalue weighted by Gasteiger charge is 2.13. The molecule has 0 fully saturated rings. The number of hydrogen-bond donors (Lipinski definition) is 1. The summed E-state index contributed by atoms with van der Waals surface area (Å²) in [6.45, 7) is 10.8. The Bertz CT molecular complexity index is 328. The van der Waals surface area contributed by atoms with Crippen LogP contribution in [0.25, 0.3) is 0 Å². The van der Waals surface area contributed by atoms with Crippen LogP contribution >= 0.6 is 11.8 Å². The highest BCUT2D eigenvalue weighted by atomic mass is 32.2. The topological polar surface area (TPSA) is 29.9 Å². The zero-order valence-electron chi connectivity index (χ0n) is 11.7. The van der Waals surface area contributed by atoms with E-state index in [-0.39, 0.29) is 5.54 Å². The van der Waals surface area contributed by atoms with Crippen LogP contribution in [0.2, 0.25) is 0 Å². The maximum absolute atomic E-state index is 4.39. The molecule has 1 heterocycles. The quantitative estimate of drug-likeness (QED) is 0.847. The first-order chi connectivity index (χ1) is 7.93. The Balaban J connectivity index is 2.35. The lowest BCUT2D eigenvalue weighted by molar-refractivity contribution is 0.355. The third-order valence-corrected chi connectivity index (χ3v) is 3.50. The second-order valence-electron chi connectivity index (χ2n) is 5.66. The molecule has 0 aliphatic heterocycles. The molecular weight excluding hydrogens is 230 g/mol. The van der Waals surface area contributed by atoms with Crippen LogP contribution in [0.4, 0.5) is 0 Å². The molecule has 0 aromatic carbocycles. The van der Waals surface area contributed by atoms with E-state index in [0.717, 1.165) is 19.0 Å². The van der Waals surface area contributed by atoms with E-state index in [1.807, 2.05) is 22.6 Å². The van der Waals surface area contributed by atoms with Crippen molar-refractivity contribution in [2.24, 2.45) is 5.92 Å². The molecular formula is C13H25N3S. The summed E-state index contributed by atoms with van der Waals surface area (Å²) in [4.78, 5) is 0. The first-order valence-electron chi connectivity index (χ1n) is 6.17. The van der Waals surface area contributed by atoms with E-state index in [4.69, 9.17) is 0 Å². The number of hydrogen-bond acceptors (Lipinski definition) is 3. The van der Waals surface area contributed by atoms with Crippen molar-refractivity contribution in [2.45, 2.75) is 39.8 Å². The molecule has 98 valence electrons. The largest absolute Gasteiger partial charge is 0.312 e. The second kappa shape index (κ2) is 6.45. The molecule has 0 saturated carbocycles. The van der Waals surface area contributed by atoms with Crippen molar-refractivity contribution in [1.29, 1.82) is 0 Å². The standard InChI is InChI=1S/C13H25N3S/c1-11(10-17-5)6-14-7-12-8-15-16(9-12)13(2,3)4/h8-9,11,14H,6-7,10H2,1-5H3. The van der Waals surface area contributed by atoms with Crippen LogP contribution in [0.1, 0.15) is 33.3 Å². The Morgan fingerprint density at radius 3 is 2.71 bits per heavy atom. The summed E-state index contributed by atoms with van der Waals surface area (Å²) in [6, 6.07) is 0. The van der Waals surface area contributed by atoms with Gasteiger partial charge < -0.3 is 5.32 Å². The van der Waals surface area contributed by atoms with Gasteiger partial charge in [-0.05, 0) is 45.2 Å². The molecule has 1 rings (SSSR count). The van der Waals surface area contributed by atoms with E-state index in [0.29, 0.717) is 0 Å². The maximum Gasteiger partial charge on any atom is 0.0543 e. The Kier molecular flexibility index (Phi) is 5.53. The summed E-state index contributed by atoms with van der Waals surface area (Å²) in [7, 11) is 0. The van der Waals surface area contributed by atoms with Crippen molar-refractivity contribution in [3.8, 4) is 0 Å². The number of aromatic nitrogens is 2. The fourth-order valence-corrected chi connectivity index (χ4v) is 2.31. The molecule has 0 aliphatic rings. The zero-order valence-corrected chi connectivity index (χ0v) is 12.5. The Morgan fingerprint density at radius 2 is 2.18 bits per heavy atom. The molecule has 1 aromatic rings. The van der Waals surface area contributed by atoms with Gasteiger partial charge in [-0.15, -0.1) is 0 Å². The van der Waals surface area contributed by atoms with Crippen molar-refractivity contribution in [3.63, 3.8) is 0 Å². The SMILES string of the molecule is CSCC(C)CNCc1cnn(C(C)(C)C)c1. The molecule has 0 amide bonds. The van der Waals surface area contributed by atoms with Gasteiger partial charge in [-0.2, -0.15) is 16.9 Å². The van der Waals surface area contributed by atoms with Gasteiger partial charge in [-0.25, -0.2) is 0 Å². The summed E-state index contributed by atoms with van der Waals surface area (Å²) in [5.74, 6) is 1.94. The monoisotopic (exact) mass is 255 g/mol. The normalized spacial score (nSPS) is 13.9. The minimum atomic E-state index is 0.0738. The fourth-order valence-electron chi connectivity index (χ4n) is 1.62. The summed E-state index contributed by atoms with van der Waals surface area (Å²) in [6.07, 6.45) is 6.24. The van der Waals surface area contributed by atoms with E-state index in [2.05, 4.69) is 50.6 Å². The molecule has 1 atom stereocenters. The predicted octanol–water partition coefficient (Wildman–Crippen LogP) is 2.73. The van der Waals surface area contributed by atoms with E-state index >= 15 is 0 Å². The van der Waals surface area contributed by atoms with E-state index < -0.39 is 0 Å². The Hall–Kier alpha value is -0.480. The molecule has 0 saturated heterocycles. The lowest BCUT2D eigenvalue weighted by Crippen LogP contribution is -2.23. The molecule has 17 heavy (non-hydrogen) atoms. The highest BCUT2D eigenvalue weighted by Crippen LogP contribution is 2.13. The molecule has 0 aliphatic carbocycles. The average Bonchev–Trinajstić information content (AvgIpc) is 2.66. The summed E-state index contributed by atoms with van der Waals surface area (Å²) in [5, 5.41) is 7.88. The number of nitrogens with one attached hydrogen (secondary N) is 1. The highest BCUT2D eigenvalue weighted by molar-refractivity contribution is 7.98. The third kappa shape index (κ3) is 5.13. The van der Waals surface area contributed by atoms with Crippen molar-refractivity contribution < 1.29 is 0 Å². The molecule has 0 radical (unpaired) electrons.